The summed E-state index contributed by atoms with van der Waals surface area (Å²) in [5, 5.41) is 3.17. The van der Waals surface area contributed by atoms with Gasteiger partial charge in [-0.3, -0.25) is 4.79 Å². The zero-order valence-electron chi connectivity index (χ0n) is 11.3. The van der Waals surface area contributed by atoms with Gasteiger partial charge >= 0.3 is 0 Å². The number of benzene rings is 1. The number of rotatable bonds is 5. The van der Waals surface area contributed by atoms with Crippen molar-refractivity contribution in [3.05, 3.63) is 29.8 Å². The topological polar surface area (TPSA) is 41.6 Å². The lowest BCUT2D eigenvalue weighted by Gasteiger charge is -2.33. The summed E-state index contributed by atoms with van der Waals surface area (Å²) in [5.74, 6) is 1.34. The van der Waals surface area contributed by atoms with Gasteiger partial charge in [0.25, 0.3) is 0 Å². The molecule has 0 spiro atoms. The van der Waals surface area contributed by atoms with E-state index in [2.05, 4.69) is 5.32 Å². The fourth-order valence-corrected chi connectivity index (χ4v) is 2.49. The summed E-state index contributed by atoms with van der Waals surface area (Å²) in [6.07, 6.45) is 2.28. The van der Waals surface area contributed by atoms with E-state index < -0.39 is 0 Å². The molecule has 0 atom stereocenters. The number of hydrogen-bond acceptors (Lipinski definition) is 3. The van der Waals surface area contributed by atoms with Crippen LogP contribution in [0.15, 0.2) is 24.3 Å². The van der Waals surface area contributed by atoms with Crippen LogP contribution in [0, 0.1) is 5.92 Å². The maximum atomic E-state index is 12.5. The van der Waals surface area contributed by atoms with Gasteiger partial charge in [0.2, 0.25) is 5.91 Å². The van der Waals surface area contributed by atoms with E-state index in [1.807, 2.05) is 29.2 Å². The molecule has 0 bridgehead atoms. The number of amides is 1. The molecule has 1 aliphatic carbocycles. The molecule has 1 saturated heterocycles. The number of methoxy groups -OCH3 is 1. The van der Waals surface area contributed by atoms with Crippen LogP contribution in [0.5, 0.6) is 5.75 Å². The lowest BCUT2D eigenvalue weighted by atomic mass is 10.0. The predicted octanol–water partition coefficient (Wildman–Crippen LogP) is 1.41. The minimum absolute atomic E-state index is 0.176. The van der Waals surface area contributed by atoms with Gasteiger partial charge in [0.1, 0.15) is 5.75 Å². The van der Waals surface area contributed by atoms with Gasteiger partial charge in [-0.15, -0.1) is 0 Å². The van der Waals surface area contributed by atoms with Crippen molar-refractivity contribution in [1.29, 1.82) is 0 Å². The van der Waals surface area contributed by atoms with E-state index in [0.29, 0.717) is 18.5 Å². The maximum absolute atomic E-state index is 12.5. The van der Waals surface area contributed by atoms with Crippen molar-refractivity contribution in [2.24, 2.45) is 5.92 Å². The molecular weight excluding hydrogens is 240 g/mol. The molecule has 1 aromatic rings. The molecule has 102 valence electrons. The lowest BCUT2D eigenvalue weighted by Crippen LogP contribution is -2.52. The van der Waals surface area contributed by atoms with Gasteiger partial charge in [-0.25, -0.2) is 0 Å². The zero-order valence-corrected chi connectivity index (χ0v) is 11.3. The molecular formula is C15H20N2O2. The molecule has 19 heavy (non-hydrogen) atoms. The second kappa shape index (κ2) is 5.21. The molecule has 4 nitrogen and oxygen atoms in total. The maximum Gasteiger partial charge on any atom is 0.228 e. The standard InChI is InChI=1S/C15H20N2O2/c1-19-14-5-3-2-4-11(14)10-17(13-6-7-13)15(18)12-8-16-9-12/h2-5,12-13,16H,6-10H2,1H3. The molecule has 0 aromatic heterocycles. The first-order valence-corrected chi connectivity index (χ1v) is 6.92. The van der Waals surface area contributed by atoms with Crippen LogP contribution in [0.2, 0.25) is 0 Å². The Morgan fingerprint density at radius 1 is 1.37 bits per heavy atom. The van der Waals surface area contributed by atoms with Crippen LogP contribution in [0.1, 0.15) is 18.4 Å². The first kappa shape index (κ1) is 12.5. The monoisotopic (exact) mass is 260 g/mol. The predicted molar refractivity (Wildman–Crippen MR) is 72.9 cm³/mol. The second-order valence-corrected chi connectivity index (χ2v) is 5.36. The van der Waals surface area contributed by atoms with E-state index in [0.717, 1.165) is 37.2 Å². The number of nitrogens with zero attached hydrogens (tertiary/aromatic N) is 1. The number of carbonyl (C=O) groups excluding carboxylic acids is 1. The molecule has 1 amide bonds. The normalized spacial score (nSPS) is 18.8. The SMILES string of the molecule is COc1ccccc1CN(C(=O)C1CNC1)C1CC1. The largest absolute Gasteiger partial charge is 0.496 e. The molecule has 2 aliphatic rings. The van der Waals surface area contributed by atoms with Crippen LogP contribution in [0.25, 0.3) is 0 Å². The molecule has 3 rings (SSSR count). The summed E-state index contributed by atoms with van der Waals surface area (Å²) in [7, 11) is 1.68. The van der Waals surface area contributed by atoms with Crippen molar-refractivity contribution in [2.45, 2.75) is 25.4 Å². The Kier molecular flexibility index (Phi) is 3.42. The first-order chi connectivity index (χ1) is 9.29. The minimum atomic E-state index is 0.176. The van der Waals surface area contributed by atoms with Crippen LogP contribution >= 0.6 is 0 Å². The Morgan fingerprint density at radius 3 is 2.68 bits per heavy atom. The Balaban J connectivity index is 1.75. The minimum Gasteiger partial charge on any atom is -0.496 e. The van der Waals surface area contributed by atoms with Crippen LogP contribution in [-0.2, 0) is 11.3 Å². The summed E-state index contributed by atoms with van der Waals surface area (Å²) >= 11 is 0. The zero-order chi connectivity index (χ0) is 13.2. The molecule has 0 radical (unpaired) electrons. The number of carbonyl (C=O) groups is 1. The smallest absolute Gasteiger partial charge is 0.228 e. The van der Waals surface area contributed by atoms with Crippen LogP contribution in [0.4, 0.5) is 0 Å². The fourth-order valence-electron chi connectivity index (χ4n) is 2.49. The van der Waals surface area contributed by atoms with Crippen molar-refractivity contribution in [1.82, 2.24) is 10.2 Å². The van der Waals surface area contributed by atoms with Gasteiger partial charge in [0.15, 0.2) is 0 Å². The lowest BCUT2D eigenvalue weighted by molar-refractivity contribution is -0.138. The summed E-state index contributed by atoms with van der Waals surface area (Å²) in [6, 6.07) is 8.40. The molecule has 1 heterocycles. The van der Waals surface area contributed by atoms with Crippen LogP contribution in [0.3, 0.4) is 0 Å². The third-order valence-corrected chi connectivity index (χ3v) is 3.93. The third kappa shape index (κ3) is 2.59. The number of ether oxygens (including phenoxy) is 1. The van der Waals surface area contributed by atoms with Crippen LogP contribution < -0.4 is 10.1 Å². The Bertz CT molecular complexity index is 467. The quantitative estimate of drug-likeness (QED) is 0.870. The summed E-state index contributed by atoms with van der Waals surface area (Å²) in [6.45, 7) is 2.33. The Hall–Kier alpha value is -1.55. The van der Waals surface area contributed by atoms with E-state index in [-0.39, 0.29) is 5.92 Å². The highest BCUT2D eigenvalue weighted by Gasteiger charge is 2.37. The number of para-hydroxylation sites is 1. The summed E-state index contributed by atoms with van der Waals surface area (Å²) < 4.78 is 5.38. The average molecular weight is 260 g/mol. The van der Waals surface area contributed by atoms with E-state index in [1.54, 1.807) is 7.11 Å². The molecule has 1 aliphatic heterocycles. The Labute approximate surface area is 113 Å². The highest BCUT2D eigenvalue weighted by atomic mass is 16.5. The van der Waals surface area contributed by atoms with Gasteiger partial charge in [0, 0.05) is 31.2 Å². The molecule has 1 aromatic carbocycles. The van der Waals surface area contributed by atoms with Crippen LogP contribution in [-0.4, -0.2) is 37.0 Å². The first-order valence-electron chi connectivity index (χ1n) is 6.92. The van der Waals surface area contributed by atoms with E-state index in [4.69, 9.17) is 4.74 Å². The molecule has 2 fully saturated rings. The van der Waals surface area contributed by atoms with Gasteiger partial charge in [-0.05, 0) is 18.9 Å². The number of nitrogens with one attached hydrogen (secondary N) is 1. The summed E-state index contributed by atoms with van der Waals surface area (Å²) in [4.78, 5) is 14.5. The van der Waals surface area contributed by atoms with Gasteiger partial charge in [-0.1, -0.05) is 18.2 Å². The molecule has 4 heteroatoms. The van der Waals surface area contributed by atoms with E-state index >= 15 is 0 Å². The van der Waals surface area contributed by atoms with E-state index in [1.165, 1.54) is 0 Å². The van der Waals surface area contributed by atoms with Crippen molar-refractivity contribution >= 4 is 5.91 Å². The fraction of sp³-hybridized carbons (Fsp3) is 0.533. The molecule has 0 unspecified atom stereocenters. The third-order valence-electron chi connectivity index (χ3n) is 3.93. The van der Waals surface area contributed by atoms with Gasteiger partial charge in [-0.2, -0.15) is 0 Å². The van der Waals surface area contributed by atoms with Gasteiger partial charge < -0.3 is 15.0 Å². The van der Waals surface area contributed by atoms with Crippen molar-refractivity contribution in [3.8, 4) is 5.75 Å². The van der Waals surface area contributed by atoms with Gasteiger partial charge in [0.05, 0.1) is 13.0 Å². The Morgan fingerprint density at radius 2 is 2.11 bits per heavy atom. The van der Waals surface area contributed by atoms with Crippen molar-refractivity contribution in [3.63, 3.8) is 0 Å². The highest BCUT2D eigenvalue weighted by Crippen LogP contribution is 2.32. The highest BCUT2D eigenvalue weighted by molar-refractivity contribution is 5.81. The molecule has 1 N–H and O–H groups in total. The molecule has 1 saturated carbocycles. The summed E-state index contributed by atoms with van der Waals surface area (Å²) in [5.41, 5.74) is 1.09. The van der Waals surface area contributed by atoms with Crippen molar-refractivity contribution < 1.29 is 9.53 Å². The van der Waals surface area contributed by atoms with E-state index in [9.17, 15) is 4.79 Å². The second-order valence-electron chi connectivity index (χ2n) is 5.36. The number of hydrogen-bond donors (Lipinski definition) is 1. The van der Waals surface area contributed by atoms with Crippen molar-refractivity contribution in [2.75, 3.05) is 20.2 Å². The average Bonchev–Trinajstić information content (AvgIpc) is 3.18.